The molecule has 19 heavy (non-hydrogen) atoms. The third kappa shape index (κ3) is 4.53. The lowest BCUT2D eigenvalue weighted by atomic mass is 10.2. The molecule has 0 aliphatic rings. The van der Waals surface area contributed by atoms with Gasteiger partial charge in [0.05, 0.1) is 11.5 Å². The van der Waals surface area contributed by atoms with Crippen LogP contribution in [0.3, 0.4) is 0 Å². The first-order chi connectivity index (χ1) is 8.71. The van der Waals surface area contributed by atoms with Crippen LogP contribution in [-0.4, -0.2) is 28.2 Å². The molecule has 2 N–H and O–H groups in total. The normalized spacial score (nSPS) is 11.4. The Labute approximate surface area is 113 Å². The van der Waals surface area contributed by atoms with E-state index in [2.05, 4.69) is 0 Å². The molecule has 6 nitrogen and oxygen atoms in total. The van der Waals surface area contributed by atoms with Gasteiger partial charge in [0, 0.05) is 12.7 Å². The number of anilines is 1. The average molecular weight is 286 g/mol. The molecule has 0 radical (unpaired) electrons. The summed E-state index contributed by atoms with van der Waals surface area (Å²) in [6.07, 6.45) is -0.489. The quantitative estimate of drug-likeness (QED) is 0.909. The van der Waals surface area contributed by atoms with Crippen LogP contribution in [-0.2, 0) is 14.8 Å². The smallest absolute Gasteiger partial charge is 0.414 e. The fourth-order valence-electron chi connectivity index (χ4n) is 1.30. The number of hydrogen-bond acceptors (Lipinski definition) is 4. The largest absolute Gasteiger partial charge is 0.449 e. The van der Waals surface area contributed by atoms with E-state index in [4.69, 9.17) is 9.88 Å². The zero-order chi connectivity index (χ0) is 14.6. The van der Waals surface area contributed by atoms with Crippen LogP contribution in [0.4, 0.5) is 10.5 Å². The van der Waals surface area contributed by atoms with Crippen LogP contribution in [0.1, 0.15) is 13.8 Å². The summed E-state index contributed by atoms with van der Waals surface area (Å²) in [5.74, 6) is 0.252. The zero-order valence-corrected chi connectivity index (χ0v) is 12.0. The maximum atomic E-state index is 11.7. The minimum absolute atomic E-state index is 0.000183. The standard InChI is InChI=1S/C12H18N2O4S/c1-9(2)8-18-12(15)14(3)10-4-6-11(7-5-10)19(13,16)17/h4-7,9H,8H2,1-3H3,(H2,13,16,17). The third-order valence-corrected chi connectivity index (χ3v) is 3.30. The number of sulfonamides is 1. The number of primary sulfonamides is 1. The zero-order valence-electron chi connectivity index (χ0n) is 11.2. The lowest BCUT2D eigenvalue weighted by Crippen LogP contribution is -2.28. The number of carbonyl (C=O) groups is 1. The van der Waals surface area contributed by atoms with Crippen LogP contribution in [0.2, 0.25) is 0 Å². The Morgan fingerprint density at radius 2 is 1.84 bits per heavy atom. The Bertz CT molecular complexity index is 537. The molecular weight excluding hydrogens is 268 g/mol. The minimum Gasteiger partial charge on any atom is -0.449 e. The molecule has 0 aromatic heterocycles. The number of nitrogens with two attached hydrogens (primary N) is 1. The highest BCUT2D eigenvalue weighted by atomic mass is 32.2. The predicted octanol–water partition coefficient (Wildman–Crippen LogP) is 1.56. The maximum absolute atomic E-state index is 11.7. The molecule has 0 saturated heterocycles. The molecule has 106 valence electrons. The van der Waals surface area contributed by atoms with Crippen molar-refractivity contribution in [2.45, 2.75) is 18.7 Å². The first-order valence-electron chi connectivity index (χ1n) is 5.75. The van der Waals surface area contributed by atoms with E-state index in [0.29, 0.717) is 12.3 Å². The summed E-state index contributed by atoms with van der Waals surface area (Å²) in [4.78, 5) is 13.0. The molecule has 0 unspecified atom stereocenters. The highest BCUT2D eigenvalue weighted by Gasteiger charge is 2.14. The predicted molar refractivity (Wildman–Crippen MR) is 72.4 cm³/mol. The van der Waals surface area contributed by atoms with Gasteiger partial charge in [0.15, 0.2) is 0 Å². The number of nitrogens with zero attached hydrogens (tertiary/aromatic N) is 1. The molecule has 1 aromatic carbocycles. The molecule has 1 aromatic rings. The Balaban J connectivity index is 2.78. The molecule has 0 spiro atoms. The second kappa shape index (κ2) is 6.03. The maximum Gasteiger partial charge on any atom is 0.414 e. The van der Waals surface area contributed by atoms with Crippen LogP contribution >= 0.6 is 0 Å². The van der Waals surface area contributed by atoms with Crippen LogP contribution < -0.4 is 10.0 Å². The van der Waals surface area contributed by atoms with E-state index in [1.54, 1.807) is 7.05 Å². The summed E-state index contributed by atoms with van der Waals surface area (Å²) >= 11 is 0. The third-order valence-electron chi connectivity index (χ3n) is 2.37. The topological polar surface area (TPSA) is 89.7 Å². The summed E-state index contributed by atoms with van der Waals surface area (Å²) < 4.78 is 27.3. The number of amides is 1. The van der Waals surface area contributed by atoms with Crippen molar-refractivity contribution in [3.05, 3.63) is 24.3 Å². The van der Waals surface area contributed by atoms with Gasteiger partial charge in [-0.2, -0.15) is 0 Å². The van der Waals surface area contributed by atoms with Crippen molar-refractivity contribution in [3.8, 4) is 0 Å². The summed E-state index contributed by atoms with van der Waals surface area (Å²) in [5, 5.41) is 4.99. The summed E-state index contributed by atoms with van der Waals surface area (Å²) in [6, 6.07) is 5.68. The van der Waals surface area contributed by atoms with Gasteiger partial charge < -0.3 is 4.74 Å². The van der Waals surface area contributed by atoms with Crippen molar-refractivity contribution < 1.29 is 17.9 Å². The summed E-state index contributed by atoms with van der Waals surface area (Å²) in [5.41, 5.74) is 0.529. The van der Waals surface area contributed by atoms with Crippen molar-refractivity contribution in [2.24, 2.45) is 11.1 Å². The van der Waals surface area contributed by atoms with Crippen LogP contribution in [0.15, 0.2) is 29.2 Å². The van der Waals surface area contributed by atoms with E-state index in [1.165, 1.54) is 29.2 Å². The van der Waals surface area contributed by atoms with Crippen LogP contribution in [0.5, 0.6) is 0 Å². The highest BCUT2D eigenvalue weighted by molar-refractivity contribution is 7.89. The van der Waals surface area contributed by atoms with E-state index in [0.717, 1.165) is 0 Å². The van der Waals surface area contributed by atoms with Gasteiger partial charge in [0.25, 0.3) is 0 Å². The summed E-state index contributed by atoms with van der Waals surface area (Å²) in [7, 11) is -2.17. The molecule has 0 aliphatic carbocycles. The second-order valence-electron chi connectivity index (χ2n) is 4.57. The Kier molecular flexibility index (Phi) is 4.90. The fourth-order valence-corrected chi connectivity index (χ4v) is 1.82. The lowest BCUT2D eigenvalue weighted by Gasteiger charge is -2.18. The summed E-state index contributed by atoms with van der Waals surface area (Å²) in [6.45, 7) is 4.21. The Hall–Kier alpha value is -1.60. The number of carbonyl (C=O) groups excluding carboxylic acids is 1. The lowest BCUT2D eigenvalue weighted by molar-refractivity contribution is 0.141. The van der Waals surface area contributed by atoms with E-state index in [1.807, 2.05) is 13.8 Å². The SMILES string of the molecule is CC(C)COC(=O)N(C)c1ccc(S(N)(=O)=O)cc1. The fraction of sp³-hybridized carbons (Fsp3) is 0.417. The number of rotatable bonds is 4. The average Bonchev–Trinajstić information content (AvgIpc) is 2.34. The van der Waals surface area contributed by atoms with E-state index < -0.39 is 16.1 Å². The van der Waals surface area contributed by atoms with E-state index >= 15 is 0 Å². The van der Waals surface area contributed by atoms with Gasteiger partial charge in [0.1, 0.15) is 0 Å². The van der Waals surface area contributed by atoms with Gasteiger partial charge in [0.2, 0.25) is 10.0 Å². The number of ether oxygens (including phenoxy) is 1. The molecular formula is C12H18N2O4S. The molecule has 0 heterocycles. The molecule has 0 fully saturated rings. The molecule has 7 heteroatoms. The molecule has 0 saturated carbocycles. The van der Waals surface area contributed by atoms with E-state index in [9.17, 15) is 13.2 Å². The van der Waals surface area contributed by atoms with E-state index in [-0.39, 0.29) is 10.8 Å². The van der Waals surface area contributed by atoms with Gasteiger partial charge in [-0.15, -0.1) is 0 Å². The second-order valence-corrected chi connectivity index (χ2v) is 6.13. The van der Waals surface area contributed by atoms with Gasteiger partial charge in [-0.1, -0.05) is 13.8 Å². The molecule has 0 bridgehead atoms. The monoisotopic (exact) mass is 286 g/mol. The van der Waals surface area contributed by atoms with Crippen LogP contribution in [0, 0.1) is 5.92 Å². The van der Waals surface area contributed by atoms with Crippen molar-refractivity contribution >= 4 is 21.8 Å². The first kappa shape index (κ1) is 15.5. The minimum atomic E-state index is -3.72. The van der Waals surface area contributed by atoms with Crippen molar-refractivity contribution in [1.82, 2.24) is 0 Å². The number of benzene rings is 1. The van der Waals surface area contributed by atoms with Crippen molar-refractivity contribution in [1.29, 1.82) is 0 Å². The molecule has 1 amide bonds. The first-order valence-corrected chi connectivity index (χ1v) is 7.30. The highest BCUT2D eigenvalue weighted by Crippen LogP contribution is 2.17. The van der Waals surface area contributed by atoms with Gasteiger partial charge in [-0.05, 0) is 30.2 Å². The Morgan fingerprint density at radius 1 is 1.32 bits per heavy atom. The van der Waals surface area contributed by atoms with Gasteiger partial charge in [-0.25, -0.2) is 18.4 Å². The van der Waals surface area contributed by atoms with Gasteiger partial charge >= 0.3 is 6.09 Å². The van der Waals surface area contributed by atoms with Gasteiger partial charge in [-0.3, -0.25) is 4.90 Å². The van der Waals surface area contributed by atoms with Crippen molar-refractivity contribution in [2.75, 3.05) is 18.6 Å². The van der Waals surface area contributed by atoms with Crippen molar-refractivity contribution in [3.63, 3.8) is 0 Å². The van der Waals surface area contributed by atoms with Crippen LogP contribution in [0.25, 0.3) is 0 Å². The molecule has 1 rings (SSSR count). The molecule has 0 atom stereocenters. The number of hydrogen-bond donors (Lipinski definition) is 1. The molecule has 0 aliphatic heterocycles. The Morgan fingerprint density at radius 3 is 2.26 bits per heavy atom.